The van der Waals surface area contributed by atoms with Crippen LogP contribution in [0, 0.1) is 30.9 Å². The molecule has 0 amide bonds. The molecule has 0 aliphatic rings. The second kappa shape index (κ2) is 5.16. The average molecular weight is 273 g/mol. The lowest BCUT2D eigenvalue weighted by molar-refractivity contribution is -0.384. The van der Waals surface area contributed by atoms with Crippen LogP contribution in [0.1, 0.15) is 16.7 Å². The van der Waals surface area contributed by atoms with Crippen LogP contribution in [0.3, 0.4) is 0 Å². The molecular formula is C14H15N3O3. The maximum atomic E-state index is 10.7. The van der Waals surface area contributed by atoms with Crippen LogP contribution in [0.4, 0.5) is 11.5 Å². The summed E-state index contributed by atoms with van der Waals surface area (Å²) in [5.74, 6) is 0.783. The van der Waals surface area contributed by atoms with Gasteiger partial charge in [0, 0.05) is 12.1 Å². The van der Waals surface area contributed by atoms with E-state index < -0.39 is 4.92 Å². The first kappa shape index (κ1) is 13.8. The second-order valence-electron chi connectivity index (χ2n) is 4.57. The van der Waals surface area contributed by atoms with Gasteiger partial charge in [0.05, 0.1) is 4.92 Å². The van der Waals surface area contributed by atoms with Crippen molar-refractivity contribution < 1.29 is 9.66 Å². The number of anilines is 1. The van der Waals surface area contributed by atoms with Crippen molar-refractivity contribution in [2.24, 2.45) is 0 Å². The van der Waals surface area contributed by atoms with Crippen molar-refractivity contribution in [3.63, 3.8) is 0 Å². The fraction of sp³-hybridized carbons (Fsp3) is 0.214. The molecule has 0 aliphatic heterocycles. The Bertz CT molecular complexity index is 684. The van der Waals surface area contributed by atoms with Crippen molar-refractivity contribution >= 4 is 11.5 Å². The number of nitrogen functional groups attached to an aromatic ring is 1. The molecule has 0 radical (unpaired) electrons. The summed E-state index contributed by atoms with van der Waals surface area (Å²) in [5.41, 5.74) is 8.39. The molecule has 20 heavy (non-hydrogen) atoms. The van der Waals surface area contributed by atoms with E-state index in [0.29, 0.717) is 5.75 Å². The summed E-state index contributed by atoms with van der Waals surface area (Å²) in [6, 6.07) is 6.69. The molecule has 1 aromatic carbocycles. The minimum Gasteiger partial charge on any atom is -0.438 e. The van der Waals surface area contributed by atoms with Gasteiger partial charge in [-0.2, -0.15) is 4.98 Å². The van der Waals surface area contributed by atoms with Crippen LogP contribution in [0.25, 0.3) is 0 Å². The highest BCUT2D eigenvalue weighted by Crippen LogP contribution is 2.31. The Morgan fingerprint density at radius 3 is 2.40 bits per heavy atom. The predicted octanol–water partition coefficient (Wildman–Crippen LogP) is 3.29. The van der Waals surface area contributed by atoms with Crippen LogP contribution in [-0.4, -0.2) is 9.91 Å². The van der Waals surface area contributed by atoms with E-state index in [1.54, 1.807) is 0 Å². The van der Waals surface area contributed by atoms with E-state index in [1.165, 1.54) is 12.1 Å². The van der Waals surface area contributed by atoms with Crippen LogP contribution >= 0.6 is 0 Å². The Hall–Kier alpha value is -2.63. The third kappa shape index (κ3) is 2.54. The van der Waals surface area contributed by atoms with E-state index in [9.17, 15) is 10.1 Å². The number of benzene rings is 1. The average Bonchev–Trinajstić information content (AvgIpc) is 2.39. The summed E-state index contributed by atoms with van der Waals surface area (Å²) in [6.45, 7) is 5.86. The zero-order valence-electron chi connectivity index (χ0n) is 11.5. The Kier molecular flexibility index (Phi) is 3.56. The lowest BCUT2D eigenvalue weighted by Crippen LogP contribution is -2.01. The van der Waals surface area contributed by atoms with Gasteiger partial charge in [-0.1, -0.05) is 12.1 Å². The molecule has 1 aromatic heterocycles. The number of rotatable bonds is 3. The fourth-order valence-corrected chi connectivity index (χ4v) is 1.85. The lowest BCUT2D eigenvalue weighted by Gasteiger charge is -2.13. The van der Waals surface area contributed by atoms with Crippen LogP contribution in [-0.2, 0) is 0 Å². The molecule has 6 heteroatoms. The third-order valence-electron chi connectivity index (χ3n) is 3.15. The molecule has 0 bridgehead atoms. The monoisotopic (exact) mass is 273 g/mol. The molecule has 0 saturated heterocycles. The molecule has 1 heterocycles. The fourth-order valence-electron chi connectivity index (χ4n) is 1.85. The normalized spacial score (nSPS) is 10.3. The van der Waals surface area contributed by atoms with E-state index in [2.05, 4.69) is 4.98 Å². The molecule has 2 aromatic rings. The number of aromatic nitrogens is 1. The lowest BCUT2D eigenvalue weighted by atomic mass is 10.1. The summed E-state index contributed by atoms with van der Waals surface area (Å²) >= 11 is 0. The standard InChI is InChI=1S/C14H15N3O3/c1-8-4-5-9(2)13(10(8)3)20-12-7-6-11(17(18)19)14(15)16-12/h4-7H,1-3H3,(H2,15,16). The van der Waals surface area contributed by atoms with Crippen LogP contribution in [0.15, 0.2) is 24.3 Å². The number of nitro groups is 1. The van der Waals surface area contributed by atoms with Gasteiger partial charge < -0.3 is 10.5 Å². The molecule has 0 spiro atoms. The molecular weight excluding hydrogens is 258 g/mol. The predicted molar refractivity (Wildman–Crippen MR) is 76.0 cm³/mol. The van der Waals surface area contributed by atoms with E-state index in [1.807, 2.05) is 32.9 Å². The maximum absolute atomic E-state index is 10.7. The molecule has 2 N–H and O–H groups in total. The second-order valence-corrected chi connectivity index (χ2v) is 4.57. The van der Waals surface area contributed by atoms with Crippen LogP contribution < -0.4 is 10.5 Å². The molecule has 0 atom stereocenters. The summed E-state index contributed by atoms with van der Waals surface area (Å²) in [7, 11) is 0. The van der Waals surface area contributed by atoms with Gasteiger partial charge in [-0.25, -0.2) is 0 Å². The first-order chi connectivity index (χ1) is 9.40. The molecule has 2 rings (SSSR count). The highest BCUT2D eigenvalue weighted by Gasteiger charge is 2.15. The van der Waals surface area contributed by atoms with Crippen LogP contribution in [0.5, 0.6) is 11.6 Å². The number of aryl methyl sites for hydroxylation is 2. The van der Waals surface area contributed by atoms with E-state index >= 15 is 0 Å². The minimum absolute atomic E-state index is 0.157. The quantitative estimate of drug-likeness (QED) is 0.684. The van der Waals surface area contributed by atoms with Gasteiger partial charge in [0.15, 0.2) is 0 Å². The van der Waals surface area contributed by atoms with Gasteiger partial charge in [0.1, 0.15) is 5.75 Å². The maximum Gasteiger partial charge on any atom is 0.311 e. The van der Waals surface area contributed by atoms with E-state index in [-0.39, 0.29) is 17.4 Å². The zero-order valence-corrected chi connectivity index (χ0v) is 11.5. The van der Waals surface area contributed by atoms with Crippen LogP contribution in [0.2, 0.25) is 0 Å². The summed E-state index contributed by atoms with van der Waals surface area (Å²) < 4.78 is 5.72. The summed E-state index contributed by atoms with van der Waals surface area (Å²) in [5, 5.41) is 10.7. The van der Waals surface area contributed by atoms with Gasteiger partial charge in [-0.15, -0.1) is 0 Å². The van der Waals surface area contributed by atoms with Gasteiger partial charge in [0.25, 0.3) is 0 Å². The smallest absolute Gasteiger partial charge is 0.311 e. The first-order valence-corrected chi connectivity index (χ1v) is 6.05. The minimum atomic E-state index is -0.574. The topological polar surface area (TPSA) is 91.3 Å². The number of nitrogens with two attached hydrogens (primary N) is 1. The Labute approximate surface area is 116 Å². The Balaban J connectivity index is 2.39. The van der Waals surface area contributed by atoms with Crippen molar-refractivity contribution in [2.45, 2.75) is 20.8 Å². The highest BCUT2D eigenvalue weighted by molar-refractivity contribution is 5.54. The van der Waals surface area contributed by atoms with Gasteiger partial charge >= 0.3 is 5.69 Å². The van der Waals surface area contributed by atoms with Gasteiger partial charge in [-0.05, 0) is 37.5 Å². The molecule has 104 valence electrons. The zero-order chi connectivity index (χ0) is 14.9. The Morgan fingerprint density at radius 1 is 1.15 bits per heavy atom. The summed E-state index contributed by atoms with van der Waals surface area (Å²) in [6.07, 6.45) is 0. The first-order valence-electron chi connectivity index (χ1n) is 6.05. The Morgan fingerprint density at radius 2 is 1.80 bits per heavy atom. The molecule has 6 nitrogen and oxygen atoms in total. The molecule has 0 unspecified atom stereocenters. The van der Waals surface area contributed by atoms with Crippen molar-refractivity contribution in [3.8, 4) is 11.6 Å². The van der Waals surface area contributed by atoms with Gasteiger partial charge in [-0.3, -0.25) is 10.1 Å². The number of ether oxygens (including phenoxy) is 1. The number of pyridine rings is 1. The number of hydrogen-bond acceptors (Lipinski definition) is 5. The van der Waals surface area contributed by atoms with Crippen molar-refractivity contribution in [1.29, 1.82) is 0 Å². The largest absolute Gasteiger partial charge is 0.438 e. The number of hydrogen-bond donors (Lipinski definition) is 1. The van der Waals surface area contributed by atoms with Crippen molar-refractivity contribution in [2.75, 3.05) is 5.73 Å². The SMILES string of the molecule is Cc1ccc(C)c(Oc2ccc([N+](=O)[O-])c(N)n2)c1C. The van der Waals surface area contributed by atoms with Crippen molar-refractivity contribution in [1.82, 2.24) is 4.98 Å². The van der Waals surface area contributed by atoms with E-state index in [4.69, 9.17) is 10.5 Å². The van der Waals surface area contributed by atoms with E-state index in [0.717, 1.165) is 16.7 Å². The summed E-state index contributed by atoms with van der Waals surface area (Å²) in [4.78, 5) is 14.0. The number of nitrogens with zero attached hydrogens (tertiary/aromatic N) is 2. The molecule has 0 saturated carbocycles. The van der Waals surface area contributed by atoms with Crippen molar-refractivity contribution in [3.05, 3.63) is 51.1 Å². The van der Waals surface area contributed by atoms with Gasteiger partial charge in [0.2, 0.25) is 11.7 Å². The third-order valence-corrected chi connectivity index (χ3v) is 3.15. The molecule has 0 aliphatic carbocycles. The molecule has 0 fully saturated rings. The highest BCUT2D eigenvalue weighted by atomic mass is 16.6.